The van der Waals surface area contributed by atoms with Gasteiger partial charge in [-0.2, -0.15) is 0 Å². The molecular weight excluding hydrogens is 428 g/mol. The first-order chi connectivity index (χ1) is 16.4. The molecule has 4 aromatic rings. The summed E-state index contributed by atoms with van der Waals surface area (Å²) in [5.74, 6) is 0.0102. The maximum Gasteiger partial charge on any atom is 0.276 e. The number of hydrogen-bond acceptors (Lipinski definition) is 5. The van der Waals surface area contributed by atoms with Crippen LogP contribution in [0.1, 0.15) is 41.3 Å². The van der Waals surface area contributed by atoms with Crippen LogP contribution in [0.25, 0.3) is 22.2 Å². The van der Waals surface area contributed by atoms with Crippen LogP contribution in [0.15, 0.2) is 73.1 Å². The van der Waals surface area contributed by atoms with Gasteiger partial charge in [0.2, 0.25) is 0 Å². The Morgan fingerprint density at radius 3 is 2.59 bits per heavy atom. The second-order valence-corrected chi connectivity index (χ2v) is 8.30. The molecule has 0 unspecified atom stereocenters. The molecule has 0 aliphatic heterocycles. The first-order valence-electron chi connectivity index (χ1n) is 11.0. The zero-order valence-electron chi connectivity index (χ0n) is 19.3. The van der Waals surface area contributed by atoms with E-state index in [-0.39, 0.29) is 12.5 Å². The molecule has 0 spiro atoms. The van der Waals surface area contributed by atoms with Gasteiger partial charge in [0.1, 0.15) is 5.75 Å². The molecule has 0 saturated heterocycles. The van der Waals surface area contributed by atoms with Crippen LogP contribution in [-0.2, 0) is 4.79 Å². The third-order valence-corrected chi connectivity index (χ3v) is 5.38. The van der Waals surface area contributed by atoms with Crippen molar-refractivity contribution in [2.24, 2.45) is 0 Å². The topological polar surface area (TPSA) is 93.2 Å². The highest BCUT2D eigenvalue weighted by Crippen LogP contribution is 2.27. The smallest absolute Gasteiger partial charge is 0.276 e. The summed E-state index contributed by atoms with van der Waals surface area (Å²) in [6, 6.07) is 18.7. The summed E-state index contributed by atoms with van der Waals surface area (Å²) in [4.78, 5) is 34.2. The van der Waals surface area contributed by atoms with Crippen LogP contribution in [0.5, 0.6) is 5.75 Å². The van der Waals surface area contributed by atoms with Crippen molar-refractivity contribution in [2.45, 2.75) is 26.7 Å². The van der Waals surface area contributed by atoms with Crippen molar-refractivity contribution in [3.63, 3.8) is 0 Å². The predicted molar refractivity (Wildman–Crippen MR) is 131 cm³/mol. The fourth-order valence-electron chi connectivity index (χ4n) is 3.64. The van der Waals surface area contributed by atoms with Crippen LogP contribution in [0.4, 0.5) is 0 Å². The van der Waals surface area contributed by atoms with E-state index in [0.29, 0.717) is 27.9 Å². The molecule has 172 valence electrons. The Morgan fingerprint density at radius 2 is 1.82 bits per heavy atom. The Balaban J connectivity index is 1.48. The van der Waals surface area contributed by atoms with E-state index in [1.165, 1.54) is 0 Å². The highest BCUT2D eigenvalue weighted by atomic mass is 16.5. The van der Waals surface area contributed by atoms with E-state index in [1.54, 1.807) is 18.5 Å². The molecule has 2 N–H and O–H groups in total. The molecule has 0 saturated carbocycles. The molecule has 4 rings (SSSR count). The monoisotopic (exact) mass is 454 g/mol. The van der Waals surface area contributed by atoms with Gasteiger partial charge in [-0.05, 0) is 54.3 Å². The van der Waals surface area contributed by atoms with Gasteiger partial charge in [-0.3, -0.25) is 25.4 Å². The predicted octanol–water partition coefficient (Wildman–Crippen LogP) is 4.57. The number of hydrazine groups is 1. The summed E-state index contributed by atoms with van der Waals surface area (Å²) < 4.78 is 5.75. The first-order valence-corrected chi connectivity index (χ1v) is 11.0. The molecule has 34 heavy (non-hydrogen) atoms. The number of carbonyl (C=O) groups excluding carboxylic acids is 2. The van der Waals surface area contributed by atoms with Crippen molar-refractivity contribution in [1.82, 2.24) is 20.8 Å². The molecule has 2 aromatic heterocycles. The molecule has 0 atom stereocenters. The fourth-order valence-corrected chi connectivity index (χ4v) is 3.64. The van der Waals surface area contributed by atoms with E-state index in [1.807, 2.05) is 61.5 Å². The summed E-state index contributed by atoms with van der Waals surface area (Å²) in [6.45, 7) is 5.88. The quantitative estimate of drug-likeness (QED) is 0.417. The molecule has 0 radical (unpaired) electrons. The van der Waals surface area contributed by atoms with Crippen molar-refractivity contribution in [3.05, 3.63) is 89.7 Å². The highest BCUT2D eigenvalue weighted by molar-refractivity contribution is 6.07. The largest absolute Gasteiger partial charge is 0.483 e. The van der Waals surface area contributed by atoms with Gasteiger partial charge in [0.25, 0.3) is 11.8 Å². The van der Waals surface area contributed by atoms with Gasteiger partial charge in [0, 0.05) is 23.3 Å². The van der Waals surface area contributed by atoms with E-state index in [0.717, 1.165) is 16.7 Å². The van der Waals surface area contributed by atoms with Gasteiger partial charge in [0.05, 0.1) is 16.8 Å². The Labute approximate surface area is 198 Å². The van der Waals surface area contributed by atoms with Crippen LogP contribution in [0, 0.1) is 6.92 Å². The van der Waals surface area contributed by atoms with Crippen LogP contribution >= 0.6 is 0 Å². The summed E-state index contributed by atoms with van der Waals surface area (Å²) in [5, 5.41) is 0.680. The number of pyridine rings is 2. The molecule has 2 amide bonds. The lowest BCUT2D eigenvalue weighted by atomic mass is 10.0. The number of aryl methyl sites for hydroxylation is 1. The first kappa shape index (κ1) is 22.9. The van der Waals surface area contributed by atoms with E-state index in [9.17, 15) is 9.59 Å². The number of para-hydroxylation sites is 1. The molecular formula is C27H26N4O3. The minimum absolute atomic E-state index is 0.221. The molecule has 0 fully saturated rings. The van der Waals surface area contributed by atoms with Crippen molar-refractivity contribution in [1.29, 1.82) is 0 Å². The summed E-state index contributed by atoms with van der Waals surface area (Å²) in [7, 11) is 0. The summed E-state index contributed by atoms with van der Waals surface area (Å²) in [6.07, 6.45) is 3.37. The van der Waals surface area contributed by atoms with Crippen molar-refractivity contribution >= 4 is 22.7 Å². The molecule has 2 heterocycles. The number of aromatic nitrogens is 2. The van der Waals surface area contributed by atoms with Crippen LogP contribution in [0.2, 0.25) is 0 Å². The summed E-state index contributed by atoms with van der Waals surface area (Å²) in [5.41, 5.74) is 9.47. The lowest BCUT2D eigenvalue weighted by molar-refractivity contribution is -0.123. The van der Waals surface area contributed by atoms with Crippen LogP contribution in [0.3, 0.4) is 0 Å². The van der Waals surface area contributed by atoms with Gasteiger partial charge in [-0.25, -0.2) is 4.98 Å². The second kappa shape index (κ2) is 10.1. The fraction of sp³-hybridized carbons (Fsp3) is 0.185. The Hall–Kier alpha value is -4.26. The minimum Gasteiger partial charge on any atom is -0.483 e. The number of fused-ring (bicyclic) bond motifs is 1. The Morgan fingerprint density at radius 1 is 1.00 bits per heavy atom. The van der Waals surface area contributed by atoms with E-state index in [4.69, 9.17) is 4.74 Å². The normalized spacial score (nSPS) is 10.8. The standard InChI is InChI=1S/C27H26N4O3/c1-17(2)20-11-10-18(3)13-25(20)34-16-26(32)30-31-27(33)22-14-24(19-7-6-12-28-15-19)29-23-9-5-4-8-21(22)23/h4-15,17H,16H2,1-3H3,(H,30,32)(H,31,33). The number of rotatable bonds is 6. The molecule has 0 aliphatic carbocycles. The zero-order valence-corrected chi connectivity index (χ0v) is 19.3. The average molecular weight is 455 g/mol. The molecule has 7 nitrogen and oxygen atoms in total. The van der Waals surface area contributed by atoms with Gasteiger partial charge >= 0.3 is 0 Å². The van der Waals surface area contributed by atoms with Crippen molar-refractivity contribution < 1.29 is 14.3 Å². The summed E-state index contributed by atoms with van der Waals surface area (Å²) >= 11 is 0. The lowest BCUT2D eigenvalue weighted by Crippen LogP contribution is -2.44. The maximum atomic E-state index is 13.0. The second-order valence-electron chi connectivity index (χ2n) is 8.30. The molecule has 0 aliphatic rings. The number of hydrogen-bond donors (Lipinski definition) is 2. The van der Waals surface area contributed by atoms with Gasteiger partial charge in [0.15, 0.2) is 6.61 Å². The number of amides is 2. The van der Waals surface area contributed by atoms with Gasteiger partial charge < -0.3 is 4.74 Å². The third kappa shape index (κ3) is 5.20. The molecule has 2 aromatic carbocycles. The van der Waals surface area contributed by atoms with E-state index in [2.05, 4.69) is 34.7 Å². The Bertz CT molecular complexity index is 1340. The van der Waals surface area contributed by atoms with Crippen molar-refractivity contribution in [3.8, 4) is 17.0 Å². The SMILES string of the molecule is Cc1ccc(C(C)C)c(OCC(=O)NNC(=O)c2cc(-c3cccnc3)nc3ccccc23)c1. The van der Waals surface area contributed by atoms with Crippen LogP contribution < -0.4 is 15.6 Å². The van der Waals surface area contributed by atoms with Gasteiger partial charge in [-0.1, -0.05) is 44.2 Å². The number of nitrogens with one attached hydrogen (secondary N) is 2. The van der Waals surface area contributed by atoms with E-state index >= 15 is 0 Å². The van der Waals surface area contributed by atoms with Gasteiger partial charge in [-0.15, -0.1) is 0 Å². The number of nitrogens with zero attached hydrogens (tertiary/aromatic N) is 2. The minimum atomic E-state index is -0.463. The third-order valence-electron chi connectivity index (χ3n) is 5.38. The van der Waals surface area contributed by atoms with Crippen molar-refractivity contribution in [2.75, 3.05) is 6.61 Å². The Kier molecular flexibility index (Phi) is 6.82. The number of ether oxygens (including phenoxy) is 1. The highest BCUT2D eigenvalue weighted by Gasteiger charge is 2.15. The van der Waals surface area contributed by atoms with Crippen LogP contribution in [-0.4, -0.2) is 28.4 Å². The number of carbonyl (C=O) groups is 2. The maximum absolute atomic E-state index is 13.0. The zero-order chi connectivity index (χ0) is 24.1. The molecule has 0 bridgehead atoms. The average Bonchev–Trinajstić information content (AvgIpc) is 2.85. The number of benzene rings is 2. The lowest BCUT2D eigenvalue weighted by Gasteiger charge is -2.15. The molecule has 7 heteroatoms. The van der Waals surface area contributed by atoms with E-state index < -0.39 is 11.8 Å².